The molecule has 1 nitrogen and oxygen atoms in total. The van der Waals surface area contributed by atoms with Crippen molar-refractivity contribution in [3.63, 3.8) is 0 Å². The van der Waals surface area contributed by atoms with E-state index in [1.807, 2.05) is 0 Å². The first kappa shape index (κ1) is 4.60. The van der Waals surface area contributed by atoms with Crippen LogP contribution in [-0.2, 0) is 0 Å². The number of hydrogen-bond acceptors (Lipinski definition) is 1. The smallest absolute Gasteiger partial charge is 0.144 e. The first-order chi connectivity index (χ1) is 6.36. The van der Waals surface area contributed by atoms with Crippen LogP contribution in [-0.4, -0.2) is 6.17 Å². The Bertz CT molecular complexity index is 384. The quantitative estimate of drug-likeness (QED) is 0.535. The van der Waals surface area contributed by atoms with Crippen LogP contribution in [0, 0.1) is 17.2 Å². The van der Waals surface area contributed by atoms with E-state index in [1.165, 1.54) is 0 Å². The van der Waals surface area contributed by atoms with Gasteiger partial charge in [0.05, 0.1) is 10.2 Å². The van der Waals surface area contributed by atoms with Crippen LogP contribution in [0.2, 0.25) is 0 Å². The summed E-state index contributed by atoms with van der Waals surface area (Å²) in [5.41, 5.74) is 0. The topological polar surface area (TPSA) is 23.8 Å². The molecule has 0 radical (unpaired) electrons. The minimum atomic E-state index is -3.01. The summed E-state index contributed by atoms with van der Waals surface area (Å²) in [6, 6.07) is -1.76. The van der Waals surface area contributed by atoms with Crippen molar-refractivity contribution in [3.8, 4) is 6.07 Å². The molecule has 0 heterocycles. The van der Waals surface area contributed by atoms with Crippen molar-refractivity contribution >= 4 is 0 Å². The van der Waals surface area contributed by atoms with Crippen molar-refractivity contribution in [2.24, 2.45) is 5.89 Å². The summed E-state index contributed by atoms with van der Waals surface area (Å²) in [6.45, 7) is 0. The number of rotatable bonds is 0. The average Bonchev–Trinajstić information content (AvgIpc) is 2.21. The molecule has 0 spiro atoms. The van der Waals surface area contributed by atoms with E-state index in [9.17, 15) is 13.2 Å². The number of nitriles is 1. The van der Waals surface area contributed by atoms with E-state index in [2.05, 4.69) is 0 Å². The van der Waals surface area contributed by atoms with E-state index in [4.69, 9.17) is 9.37 Å². The summed E-state index contributed by atoms with van der Waals surface area (Å²) >= 11 is 0. The Morgan fingerprint density at radius 3 is 2.91 bits per heavy atom. The Labute approximate surface area is 65.6 Å². The molecular formula is C7H4F3N. The van der Waals surface area contributed by atoms with Crippen molar-refractivity contribution in [3.05, 3.63) is 23.8 Å². The lowest BCUT2D eigenvalue weighted by atomic mass is 9.99. The molecule has 0 saturated carbocycles. The van der Waals surface area contributed by atoms with Gasteiger partial charge in [-0.15, -0.1) is 0 Å². The second kappa shape index (κ2) is 2.79. The van der Waals surface area contributed by atoms with Gasteiger partial charge in [0.25, 0.3) is 0 Å². The Morgan fingerprint density at radius 1 is 1.73 bits per heavy atom. The maximum Gasteiger partial charge on any atom is 0.144 e. The number of hydrogen-bond donors (Lipinski definition) is 0. The van der Waals surface area contributed by atoms with Crippen molar-refractivity contribution in [1.82, 2.24) is 0 Å². The van der Waals surface area contributed by atoms with Crippen LogP contribution in [0.5, 0.6) is 0 Å². The molecule has 0 aromatic heterocycles. The number of nitrogens with zero attached hydrogens (tertiary/aromatic N) is 1. The zero-order valence-corrected chi connectivity index (χ0v) is 5.16. The summed E-state index contributed by atoms with van der Waals surface area (Å²) < 4.78 is 59.4. The third-order valence-corrected chi connectivity index (χ3v) is 1.08. The van der Waals surface area contributed by atoms with E-state index < -0.39 is 35.8 Å². The van der Waals surface area contributed by atoms with Gasteiger partial charge >= 0.3 is 0 Å². The summed E-state index contributed by atoms with van der Waals surface area (Å²) in [5.74, 6) is -6.49. The molecule has 4 heteroatoms. The molecule has 0 N–H and O–H groups in total. The Kier molecular flexibility index (Phi) is 1.17. The van der Waals surface area contributed by atoms with E-state index in [-0.39, 0.29) is 0 Å². The monoisotopic (exact) mass is 162 g/mol. The molecule has 0 aliphatic heterocycles. The van der Waals surface area contributed by atoms with E-state index in [1.54, 1.807) is 0 Å². The zero-order valence-electron chi connectivity index (χ0n) is 8.16. The van der Waals surface area contributed by atoms with Gasteiger partial charge < -0.3 is 0 Å². The molecule has 0 aromatic carbocycles. The van der Waals surface area contributed by atoms with Crippen molar-refractivity contribution in [2.75, 3.05) is 0 Å². The van der Waals surface area contributed by atoms with Crippen molar-refractivity contribution in [1.29, 1.82) is 5.26 Å². The maximum absolute atomic E-state index is 13.0. The molecule has 1 aliphatic rings. The normalized spacial score (nSPS) is 42.7. The molecular weight excluding hydrogens is 155 g/mol. The van der Waals surface area contributed by atoms with Gasteiger partial charge in [0.2, 0.25) is 0 Å². The van der Waals surface area contributed by atoms with Gasteiger partial charge in [0, 0.05) is 6.05 Å². The highest BCUT2D eigenvalue weighted by Crippen LogP contribution is 2.27. The molecule has 11 heavy (non-hydrogen) atoms. The number of halogens is 3. The minimum absolute atomic E-state index is 0.979. The molecule has 1 aliphatic carbocycles. The van der Waals surface area contributed by atoms with Crippen LogP contribution in [0.25, 0.3) is 0 Å². The van der Waals surface area contributed by atoms with E-state index in [0.717, 1.165) is 6.07 Å². The van der Waals surface area contributed by atoms with E-state index >= 15 is 0 Å². The second-order valence-electron chi connectivity index (χ2n) is 1.79. The number of allylic oxidation sites excluding steroid dienone is 4. The largest absolute Gasteiger partial charge is 0.241 e. The van der Waals surface area contributed by atoms with Crippen LogP contribution in [0.15, 0.2) is 23.8 Å². The highest BCUT2D eigenvalue weighted by Gasteiger charge is 2.27. The van der Waals surface area contributed by atoms with Gasteiger partial charge in [-0.05, 0) is 6.05 Å². The summed E-state index contributed by atoms with van der Waals surface area (Å²) in [6.07, 6.45) is -2.71. The van der Waals surface area contributed by atoms with Crippen molar-refractivity contribution < 1.29 is 17.3 Å². The third-order valence-electron chi connectivity index (χ3n) is 1.08. The Hall–Kier alpha value is -1.24. The van der Waals surface area contributed by atoms with Gasteiger partial charge in [-0.3, -0.25) is 0 Å². The molecule has 2 unspecified atom stereocenters. The minimum Gasteiger partial charge on any atom is -0.241 e. The summed E-state index contributed by atoms with van der Waals surface area (Å²) in [5, 5.41) is 8.35. The lowest BCUT2D eigenvalue weighted by Crippen LogP contribution is -2.15. The van der Waals surface area contributed by atoms with E-state index in [0.29, 0.717) is 0 Å². The predicted octanol–water partition coefficient (Wildman–Crippen LogP) is 2.18. The predicted molar refractivity (Wildman–Crippen MR) is 32.4 cm³/mol. The fourth-order valence-electron chi connectivity index (χ4n) is 0.600. The van der Waals surface area contributed by atoms with Crippen LogP contribution in [0.3, 0.4) is 0 Å². The molecule has 0 fully saturated rings. The van der Waals surface area contributed by atoms with Crippen LogP contribution >= 0.6 is 0 Å². The second-order valence-corrected chi connectivity index (χ2v) is 1.79. The van der Waals surface area contributed by atoms with Crippen molar-refractivity contribution in [2.45, 2.75) is 6.17 Å². The molecule has 58 valence electrons. The van der Waals surface area contributed by atoms with Gasteiger partial charge in [0.1, 0.15) is 23.7 Å². The van der Waals surface area contributed by atoms with Gasteiger partial charge in [0.15, 0.2) is 0 Å². The average molecular weight is 162 g/mol. The lowest BCUT2D eigenvalue weighted by molar-refractivity contribution is 0.310. The summed E-state index contributed by atoms with van der Waals surface area (Å²) in [7, 11) is 0. The summed E-state index contributed by atoms with van der Waals surface area (Å²) in [4.78, 5) is 0. The molecule has 0 amide bonds. The van der Waals surface area contributed by atoms with Crippen LogP contribution in [0.4, 0.5) is 13.2 Å². The van der Waals surface area contributed by atoms with Crippen LogP contribution in [0.1, 0.15) is 4.11 Å². The fourth-order valence-corrected chi connectivity index (χ4v) is 0.600. The van der Waals surface area contributed by atoms with Crippen LogP contribution < -0.4 is 0 Å². The Balaban J connectivity index is 3.43. The zero-order chi connectivity index (χ0) is 11.1. The first-order valence-corrected chi connectivity index (χ1v) is 2.65. The van der Waals surface area contributed by atoms with Gasteiger partial charge in [-0.1, -0.05) is 0 Å². The molecule has 1 rings (SSSR count). The molecule has 2 atom stereocenters. The Morgan fingerprint density at radius 2 is 2.36 bits per heavy atom. The fraction of sp³-hybridized carbons (Fsp3) is 0.286. The maximum atomic E-state index is 13.0. The molecule has 0 aromatic rings. The third kappa shape index (κ3) is 1.43. The highest BCUT2D eigenvalue weighted by molar-refractivity contribution is 5.28. The standard InChI is InChI=1S/C7H4F3N/c8-4-1-6(9)5(3-11)7(10)2-4/h1-2,5-6H/i1D,2D,5D. The number of alkyl halides is 1. The van der Waals surface area contributed by atoms with Gasteiger partial charge in [-0.25, -0.2) is 13.2 Å². The molecule has 0 saturated heterocycles. The first-order valence-electron chi connectivity index (χ1n) is 4.15. The molecule has 0 bridgehead atoms. The highest BCUT2D eigenvalue weighted by atomic mass is 19.2. The SMILES string of the molecule is [2H]C1=C(F)C([2H])(C#N)C(F)C([2H])=C1F. The lowest BCUT2D eigenvalue weighted by Gasteiger charge is -2.12. The van der Waals surface area contributed by atoms with Gasteiger partial charge in [-0.2, -0.15) is 5.26 Å².